The van der Waals surface area contributed by atoms with Gasteiger partial charge in [0.2, 0.25) is 11.8 Å². The van der Waals surface area contributed by atoms with E-state index in [0.717, 1.165) is 57.8 Å². The highest BCUT2D eigenvalue weighted by Gasteiger charge is 2.23. The van der Waals surface area contributed by atoms with Crippen molar-refractivity contribution >= 4 is 23.2 Å². The minimum atomic E-state index is 0.0881. The van der Waals surface area contributed by atoms with Crippen LogP contribution in [-0.4, -0.2) is 64.2 Å². The largest absolute Gasteiger partial charge is 0.341 e. The van der Waals surface area contributed by atoms with Crippen molar-refractivity contribution in [3.63, 3.8) is 0 Å². The molecule has 1 aromatic carbocycles. The van der Waals surface area contributed by atoms with E-state index in [-0.39, 0.29) is 17.2 Å². The quantitative estimate of drug-likeness (QED) is 0.618. The van der Waals surface area contributed by atoms with Crippen LogP contribution in [0.4, 0.5) is 0 Å². The summed E-state index contributed by atoms with van der Waals surface area (Å²) in [6.07, 6.45) is 3.44. The average molecular weight is 483 g/mol. The van der Waals surface area contributed by atoms with E-state index in [4.69, 9.17) is 4.98 Å². The van der Waals surface area contributed by atoms with Crippen molar-refractivity contribution in [2.45, 2.75) is 71.4 Å². The first-order valence-electron chi connectivity index (χ1n) is 12.6. The molecular weight excluding hydrogens is 444 g/mol. The van der Waals surface area contributed by atoms with Crippen LogP contribution in [0.3, 0.4) is 0 Å². The van der Waals surface area contributed by atoms with Crippen LogP contribution >= 0.6 is 11.3 Å². The molecule has 4 rings (SSSR count). The van der Waals surface area contributed by atoms with Gasteiger partial charge in [-0.25, -0.2) is 4.98 Å². The highest BCUT2D eigenvalue weighted by atomic mass is 32.1. The van der Waals surface area contributed by atoms with Gasteiger partial charge in [0.25, 0.3) is 0 Å². The van der Waals surface area contributed by atoms with Gasteiger partial charge >= 0.3 is 0 Å². The van der Waals surface area contributed by atoms with Crippen molar-refractivity contribution in [1.82, 2.24) is 19.7 Å². The first kappa shape index (κ1) is 24.9. The van der Waals surface area contributed by atoms with E-state index in [1.54, 1.807) is 11.3 Å². The molecule has 0 atom stereocenters. The molecule has 0 bridgehead atoms. The number of fused-ring (bicyclic) bond motifs is 1. The Labute approximate surface area is 208 Å². The van der Waals surface area contributed by atoms with Crippen LogP contribution in [0, 0.1) is 0 Å². The second-order valence-corrected chi connectivity index (χ2v) is 11.5. The summed E-state index contributed by atoms with van der Waals surface area (Å²) < 4.78 is 0. The molecule has 34 heavy (non-hydrogen) atoms. The van der Waals surface area contributed by atoms with E-state index in [9.17, 15) is 9.59 Å². The summed E-state index contributed by atoms with van der Waals surface area (Å²) in [6.45, 7) is 12.3. The van der Waals surface area contributed by atoms with Crippen molar-refractivity contribution in [1.29, 1.82) is 0 Å². The van der Waals surface area contributed by atoms with Gasteiger partial charge in [-0.2, -0.15) is 0 Å². The lowest BCUT2D eigenvalue weighted by atomic mass is 9.98. The normalized spacial score (nSPS) is 17.4. The monoisotopic (exact) mass is 482 g/mol. The molecule has 3 heterocycles. The van der Waals surface area contributed by atoms with E-state index in [0.29, 0.717) is 25.8 Å². The minimum absolute atomic E-state index is 0.0881. The molecule has 0 aliphatic carbocycles. The predicted octanol–water partition coefficient (Wildman–Crippen LogP) is 4.23. The Hall–Kier alpha value is -2.25. The summed E-state index contributed by atoms with van der Waals surface area (Å²) in [7, 11) is 0. The minimum Gasteiger partial charge on any atom is -0.341 e. The van der Waals surface area contributed by atoms with E-state index in [2.05, 4.69) is 49.3 Å². The third-order valence-corrected chi connectivity index (χ3v) is 8.10. The number of carbonyl (C=O) groups is 2. The van der Waals surface area contributed by atoms with Gasteiger partial charge in [-0.1, -0.05) is 45.0 Å². The van der Waals surface area contributed by atoms with Crippen LogP contribution in [0.25, 0.3) is 0 Å². The van der Waals surface area contributed by atoms with Gasteiger partial charge in [0, 0.05) is 69.4 Å². The smallest absolute Gasteiger partial charge is 0.222 e. The zero-order valence-corrected chi connectivity index (χ0v) is 21.7. The average Bonchev–Trinajstić information content (AvgIpc) is 3.17. The lowest BCUT2D eigenvalue weighted by Crippen LogP contribution is -2.36. The Morgan fingerprint density at radius 3 is 2.41 bits per heavy atom. The molecule has 0 spiro atoms. The van der Waals surface area contributed by atoms with Gasteiger partial charge in [-0.15, -0.1) is 11.3 Å². The highest BCUT2D eigenvalue weighted by Crippen LogP contribution is 2.26. The fourth-order valence-electron chi connectivity index (χ4n) is 4.75. The third kappa shape index (κ3) is 6.45. The topological polar surface area (TPSA) is 56.8 Å². The maximum absolute atomic E-state index is 12.8. The van der Waals surface area contributed by atoms with Crippen LogP contribution in [0.5, 0.6) is 0 Å². The standard InChI is InChI=1S/C27H38N4O2S/c1-27(2,3)26-28-23(20-34-26)19-29-13-7-14-30(17-16-29)24(32)10-6-11-25(33)31-15-12-21-8-4-5-9-22(21)18-31/h4-5,8-9,20H,6-7,10-19H2,1-3H3. The number of aromatic nitrogens is 1. The summed E-state index contributed by atoms with van der Waals surface area (Å²) in [5.41, 5.74) is 3.82. The Morgan fingerprint density at radius 2 is 1.68 bits per heavy atom. The van der Waals surface area contributed by atoms with Crippen molar-refractivity contribution in [2.24, 2.45) is 0 Å². The number of hydrogen-bond acceptors (Lipinski definition) is 5. The molecule has 6 nitrogen and oxygen atoms in total. The van der Waals surface area contributed by atoms with Gasteiger partial charge < -0.3 is 9.80 Å². The van der Waals surface area contributed by atoms with Gasteiger partial charge in [0.05, 0.1) is 10.7 Å². The lowest BCUT2D eigenvalue weighted by Gasteiger charge is -2.29. The highest BCUT2D eigenvalue weighted by molar-refractivity contribution is 7.09. The molecular formula is C27H38N4O2S. The van der Waals surface area contributed by atoms with Crippen LogP contribution in [-0.2, 0) is 34.5 Å². The summed E-state index contributed by atoms with van der Waals surface area (Å²) in [5.74, 6) is 0.351. The van der Waals surface area contributed by atoms with E-state index in [1.165, 1.54) is 16.1 Å². The number of hydrogen-bond donors (Lipinski definition) is 0. The van der Waals surface area contributed by atoms with Crippen molar-refractivity contribution in [2.75, 3.05) is 32.7 Å². The molecule has 2 aliphatic rings. The number of benzene rings is 1. The van der Waals surface area contributed by atoms with Crippen LogP contribution in [0.2, 0.25) is 0 Å². The summed E-state index contributed by atoms with van der Waals surface area (Å²) >= 11 is 1.74. The first-order chi connectivity index (χ1) is 16.3. The van der Waals surface area contributed by atoms with Crippen LogP contribution < -0.4 is 0 Å². The van der Waals surface area contributed by atoms with Gasteiger partial charge in [-0.3, -0.25) is 14.5 Å². The second-order valence-electron chi connectivity index (χ2n) is 10.6. The molecule has 2 amide bonds. The maximum Gasteiger partial charge on any atom is 0.222 e. The molecule has 1 fully saturated rings. The zero-order valence-electron chi connectivity index (χ0n) is 20.9. The molecule has 2 aromatic rings. The van der Waals surface area contributed by atoms with Crippen LogP contribution in [0.1, 0.15) is 68.3 Å². The Bertz CT molecular complexity index is 997. The Morgan fingerprint density at radius 1 is 0.941 bits per heavy atom. The van der Waals surface area contributed by atoms with E-state index in [1.807, 2.05) is 15.9 Å². The molecule has 2 aliphatic heterocycles. The number of nitrogens with zero attached hydrogens (tertiary/aromatic N) is 4. The number of carbonyl (C=O) groups excluding carboxylic acids is 2. The Balaban J connectivity index is 1.18. The summed E-state index contributed by atoms with van der Waals surface area (Å²) in [5, 5.41) is 3.35. The van der Waals surface area contributed by atoms with Crippen molar-refractivity contribution in [3.8, 4) is 0 Å². The molecule has 1 aromatic heterocycles. The third-order valence-electron chi connectivity index (χ3n) is 6.78. The molecule has 0 N–H and O–H groups in total. The molecule has 0 saturated carbocycles. The van der Waals surface area contributed by atoms with Crippen molar-refractivity contribution < 1.29 is 9.59 Å². The summed E-state index contributed by atoms with van der Waals surface area (Å²) in [6, 6.07) is 8.36. The van der Waals surface area contributed by atoms with Gasteiger partial charge in [-0.05, 0) is 30.4 Å². The molecule has 184 valence electrons. The summed E-state index contributed by atoms with van der Waals surface area (Å²) in [4.78, 5) is 36.7. The van der Waals surface area contributed by atoms with Crippen molar-refractivity contribution in [3.05, 3.63) is 51.5 Å². The second kappa shape index (κ2) is 11.0. The molecule has 1 saturated heterocycles. The zero-order chi connectivity index (χ0) is 24.1. The maximum atomic E-state index is 12.8. The number of thiazole rings is 1. The molecule has 0 radical (unpaired) electrons. The molecule has 7 heteroatoms. The lowest BCUT2D eigenvalue weighted by molar-refractivity contribution is -0.133. The predicted molar refractivity (Wildman–Crippen MR) is 137 cm³/mol. The van der Waals surface area contributed by atoms with E-state index < -0.39 is 0 Å². The van der Waals surface area contributed by atoms with Gasteiger partial charge in [0.15, 0.2) is 0 Å². The van der Waals surface area contributed by atoms with Crippen LogP contribution in [0.15, 0.2) is 29.6 Å². The van der Waals surface area contributed by atoms with E-state index >= 15 is 0 Å². The number of rotatable bonds is 6. The SMILES string of the molecule is CC(C)(C)c1nc(CN2CCCN(C(=O)CCCC(=O)N3CCc4ccccc4C3)CC2)cs1. The number of amides is 2. The Kier molecular flexibility index (Phi) is 8.04. The van der Waals surface area contributed by atoms with Gasteiger partial charge in [0.1, 0.15) is 0 Å². The molecule has 0 unspecified atom stereocenters. The fraction of sp³-hybridized carbons (Fsp3) is 0.593. The fourth-order valence-corrected chi connectivity index (χ4v) is 5.65. The first-order valence-corrected chi connectivity index (χ1v) is 13.5.